The van der Waals surface area contributed by atoms with Crippen molar-refractivity contribution in [1.29, 1.82) is 0 Å². The van der Waals surface area contributed by atoms with Gasteiger partial charge < -0.3 is 10.1 Å². The monoisotopic (exact) mass is 261 g/mol. The molecular formula is C15H19NOS. The first-order chi connectivity index (χ1) is 8.88. The highest BCUT2D eigenvalue weighted by atomic mass is 32.1. The summed E-state index contributed by atoms with van der Waals surface area (Å²) in [4.78, 5) is 0. The third kappa shape index (κ3) is 2.30. The van der Waals surface area contributed by atoms with Gasteiger partial charge in [-0.2, -0.15) is 0 Å². The van der Waals surface area contributed by atoms with Crippen LogP contribution in [0.5, 0.6) is 0 Å². The van der Waals surface area contributed by atoms with Gasteiger partial charge in [-0.3, -0.25) is 0 Å². The number of fused-ring (bicyclic) bond motifs is 1. The van der Waals surface area contributed by atoms with Gasteiger partial charge in [0.25, 0.3) is 0 Å². The van der Waals surface area contributed by atoms with Crippen molar-refractivity contribution in [2.75, 3.05) is 13.7 Å². The lowest BCUT2D eigenvalue weighted by Crippen LogP contribution is -2.22. The Hall–Kier alpha value is -0.900. The van der Waals surface area contributed by atoms with Gasteiger partial charge >= 0.3 is 0 Å². The first kappa shape index (κ1) is 12.2. The van der Waals surface area contributed by atoms with Crippen LogP contribution >= 0.6 is 11.3 Å². The molecule has 1 saturated heterocycles. The minimum atomic E-state index is 0.399. The number of hydrogen-bond donors (Lipinski definition) is 1. The van der Waals surface area contributed by atoms with Crippen molar-refractivity contribution in [1.82, 2.24) is 5.32 Å². The lowest BCUT2D eigenvalue weighted by atomic mass is 9.98. The standard InChI is InChI=1S/C15H19NOS/c1-16-14(10-12-5-3-8-17-12)13-6-2-4-11-7-9-18-15(11)13/h2,4,6-7,9,12,14,16H,3,5,8,10H2,1H3. The van der Waals surface area contributed by atoms with Crippen LogP contribution in [0.3, 0.4) is 0 Å². The molecule has 2 unspecified atom stereocenters. The zero-order valence-corrected chi connectivity index (χ0v) is 11.5. The molecular weight excluding hydrogens is 242 g/mol. The predicted molar refractivity (Wildman–Crippen MR) is 77.2 cm³/mol. The summed E-state index contributed by atoms with van der Waals surface area (Å²) in [6, 6.07) is 9.19. The molecule has 96 valence electrons. The Kier molecular flexibility index (Phi) is 3.64. The first-order valence-electron chi connectivity index (χ1n) is 6.63. The number of thiophene rings is 1. The summed E-state index contributed by atoms with van der Waals surface area (Å²) in [6.07, 6.45) is 3.92. The Balaban J connectivity index is 1.87. The number of rotatable bonds is 4. The minimum absolute atomic E-state index is 0.399. The van der Waals surface area contributed by atoms with E-state index in [0.29, 0.717) is 12.1 Å². The maximum atomic E-state index is 5.76. The Labute approximate surface area is 112 Å². The van der Waals surface area contributed by atoms with Gasteiger partial charge in [-0.15, -0.1) is 11.3 Å². The summed E-state index contributed by atoms with van der Waals surface area (Å²) >= 11 is 1.83. The highest BCUT2D eigenvalue weighted by Gasteiger charge is 2.22. The third-order valence-electron chi connectivity index (χ3n) is 3.76. The van der Waals surface area contributed by atoms with Crippen molar-refractivity contribution in [2.45, 2.75) is 31.4 Å². The molecule has 2 nitrogen and oxygen atoms in total. The van der Waals surface area contributed by atoms with E-state index < -0.39 is 0 Å². The van der Waals surface area contributed by atoms with Crippen LogP contribution < -0.4 is 5.32 Å². The summed E-state index contributed by atoms with van der Waals surface area (Å²) in [7, 11) is 2.05. The molecule has 1 aliphatic rings. The van der Waals surface area contributed by atoms with Crippen molar-refractivity contribution in [3.63, 3.8) is 0 Å². The van der Waals surface area contributed by atoms with E-state index in [1.54, 1.807) is 0 Å². The molecule has 2 aromatic rings. The smallest absolute Gasteiger partial charge is 0.0594 e. The number of hydrogen-bond acceptors (Lipinski definition) is 3. The van der Waals surface area contributed by atoms with Crippen LogP contribution in [0.25, 0.3) is 10.1 Å². The highest BCUT2D eigenvalue weighted by molar-refractivity contribution is 7.17. The van der Waals surface area contributed by atoms with Crippen LogP contribution in [0.15, 0.2) is 29.6 Å². The lowest BCUT2D eigenvalue weighted by Gasteiger charge is -2.20. The Bertz CT molecular complexity index is 516. The van der Waals surface area contributed by atoms with Gasteiger partial charge in [-0.25, -0.2) is 0 Å². The van der Waals surface area contributed by atoms with E-state index >= 15 is 0 Å². The minimum Gasteiger partial charge on any atom is -0.378 e. The number of benzene rings is 1. The first-order valence-corrected chi connectivity index (χ1v) is 7.51. The topological polar surface area (TPSA) is 21.3 Å². The molecule has 0 aliphatic carbocycles. The molecule has 2 atom stereocenters. The van der Waals surface area contributed by atoms with Gasteiger partial charge in [0, 0.05) is 17.3 Å². The van der Waals surface area contributed by atoms with E-state index in [9.17, 15) is 0 Å². The van der Waals surface area contributed by atoms with E-state index in [-0.39, 0.29) is 0 Å². The molecule has 1 aliphatic heterocycles. The van der Waals surface area contributed by atoms with Gasteiger partial charge in [0.05, 0.1) is 6.10 Å². The van der Waals surface area contributed by atoms with Gasteiger partial charge in [-0.1, -0.05) is 18.2 Å². The quantitative estimate of drug-likeness (QED) is 0.905. The van der Waals surface area contributed by atoms with E-state index in [1.165, 1.54) is 28.5 Å². The van der Waals surface area contributed by atoms with Gasteiger partial charge in [-0.05, 0) is 48.7 Å². The van der Waals surface area contributed by atoms with Gasteiger partial charge in [0.1, 0.15) is 0 Å². The van der Waals surface area contributed by atoms with E-state index in [0.717, 1.165) is 13.0 Å². The van der Waals surface area contributed by atoms with E-state index in [1.807, 2.05) is 18.4 Å². The van der Waals surface area contributed by atoms with Crippen LogP contribution in [-0.4, -0.2) is 19.8 Å². The maximum absolute atomic E-state index is 5.76. The third-order valence-corrected chi connectivity index (χ3v) is 4.74. The van der Waals surface area contributed by atoms with Crippen molar-refractivity contribution < 1.29 is 4.74 Å². The number of ether oxygens (including phenoxy) is 1. The Morgan fingerprint density at radius 1 is 1.44 bits per heavy atom. The molecule has 3 heteroatoms. The molecule has 1 fully saturated rings. The lowest BCUT2D eigenvalue weighted by molar-refractivity contribution is 0.0955. The second-order valence-electron chi connectivity index (χ2n) is 4.90. The molecule has 0 radical (unpaired) electrons. The molecule has 0 bridgehead atoms. The van der Waals surface area contributed by atoms with E-state index in [2.05, 4.69) is 35.0 Å². The summed E-state index contributed by atoms with van der Waals surface area (Å²) in [6.45, 7) is 0.935. The zero-order chi connectivity index (χ0) is 12.4. The highest BCUT2D eigenvalue weighted by Crippen LogP contribution is 2.32. The molecule has 18 heavy (non-hydrogen) atoms. The molecule has 3 rings (SSSR count). The molecule has 0 amide bonds. The molecule has 1 N–H and O–H groups in total. The fraction of sp³-hybridized carbons (Fsp3) is 0.467. The predicted octanol–water partition coefficient (Wildman–Crippen LogP) is 3.73. The largest absolute Gasteiger partial charge is 0.378 e. The summed E-state index contributed by atoms with van der Waals surface area (Å²) < 4.78 is 7.18. The molecule has 1 aromatic carbocycles. The van der Waals surface area contributed by atoms with Crippen LogP contribution in [-0.2, 0) is 4.74 Å². The summed E-state index contributed by atoms with van der Waals surface area (Å²) in [5.74, 6) is 0. The van der Waals surface area contributed by atoms with Gasteiger partial charge in [0.2, 0.25) is 0 Å². The molecule has 2 heterocycles. The normalized spacial score (nSPS) is 21.5. The van der Waals surface area contributed by atoms with Gasteiger partial charge in [0.15, 0.2) is 0 Å². The van der Waals surface area contributed by atoms with Crippen LogP contribution in [0, 0.1) is 0 Å². The number of nitrogens with one attached hydrogen (secondary N) is 1. The van der Waals surface area contributed by atoms with Crippen LogP contribution in [0.1, 0.15) is 30.9 Å². The summed E-state index contributed by atoms with van der Waals surface area (Å²) in [5.41, 5.74) is 1.42. The maximum Gasteiger partial charge on any atom is 0.0594 e. The summed E-state index contributed by atoms with van der Waals surface area (Å²) in [5, 5.41) is 6.98. The van der Waals surface area contributed by atoms with E-state index in [4.69, 9.17) is 4.74 Å². The average molecular weight is 261 g/mol. The average Bonchev–Trinajstić information content (AvgIpc) is 3.06. The second-order valence-corrected chi connectivity index (χ2v) is 5.81. The van der Waals surface area contributed by atoms with Crippen molar-refractivity contribution in [3.05, 3.63) is 35.2 Å². The SMILES string of the molecule is CNC(CC1CCCO1)c1cccc2ccsc12. The molecule has 0 saturated carbocycles. The Morgan fingerprint density at radius 3 is 3.17 bits per heavy atom. The fourth-order valence-corrected chi connectivity index (χ4v) is 3.75. The van der Waals surface area contributed by atoms with Crippen molar-refractivity contribution >= 4 is 21.4 Å². The Morgan fingerprint density at radius 2 is 2.39 bits per heavy atom. The molecule has 1 aromatic heterocycles. The second kappa shape index (κ2) is 5.39. The van der Waals surface area contributed by atoms with Crippen LogP contribution in [0.2, 0.25) is 0 Å². The molecule has 0 spiro atoms. The fourth-order valence-electron chi connectivity index (χ4n) is 2.78. The van der Waals surface area contributed by atoms with Crippen LogP contribution in [0.4, 0.5) is 0 Å². The van der Waals surface area contributed by atoms with Crippen molar-refractivity contribution in [3.8, 4) is 0 Å². The zero-order valence-electron chi connectivity index (χ0n) is 10.7. The van der Waals surface area contributed by atoms with Crippen molar-refractivity contribution in [2.24, 2.45) is 0 Å².